The highest BCUT2D eigenvalue weighted by atomic mass is 32.2. The highest BCUT2D eigenvalue weighted by Gasteiger charge is 2.26. The lowest BCUT2D eigenvalue weighted by atomic mass is 10.4. The third-order valence-electron chi connectivity index (χ3n) is 3.21. The van der Waals surface area contributed by atoms with Crippen molar-refractivity contribution in [2.24, 2.45) is 0 Å². The van der Waals surface area contributed by atoms with E-state index in [0.29, 0.717) is 19.2 Å². The van der Waals surface area contributed by atoms with Crippen LogP contribution in [0.25, 0.3) is 0 Å². The molecule has 0 bridgehead atoms. The van der Waals surface area contributed by atoms with Crippen molar-refractivity contribution in [1.82, 2.24) is 19.4 Å². The van der Waals surface area contributed by atoms with Gasteiger partial charge in [-0.05, 0) is 6.92 Å². The summed E-state index contributed by atoms with van der Waals surface area (Å²) in [5, 5.41) is 7.37. The Bertz CT molecular complexity index is 527. The maximum atomic E-state index is 12.4. The molecular formula is C13H26N4O3S. The van der Waals surface area contributed by atoms with Crippen LogP contribution < -0.4 is 5.32 Å². The predicted molar refractivity (Wildman–Crippen MR) is 81.7 cm³/mol. The minimum Gasteiger partial charge on any atom is -0.383 e. The van der Waals surface area contributed by atoms with Gasteiger partial charge >= 0.3 is 0 Å². The standard InChI is InChI=1S/C13H26N4O3S/c1-11(2)14-6-7-17-9-13(8-15-17)21(18,19)16(4)12(3)10-20-5/h8-9,11-12,14H,6-7,10H2,1-5H3. The van der Waals surface area contributed by atoms with Gasteiger partial charge in [-0.25, -0.2) is 8.42 Å². The van der Waals surface area contributed by atoms with Gasteiger partial charge in [0.2, 0.25) is 10.0 Å². The molecular weight excluding hydrogens is 292 g/mol. The average Bonchev–Trinajstić information content (AvgIpc) is 2.87. The fourth-order valence-corrected chi connectivity index (χ4v) is 3.12. The molecule has 0 saturated carbocycles. The number of aromatic nitrogens is 2. The number of rotatable bonds is 9. The van der Waals surface area contributed by atoms with Gasteiger partial charge in [-0.15, -0.1) is 0 Å². The molecule has 0 aliphatic heterocycles. The summed E-state index contributed by atoms with van der Waals surface area (Å²) in [4.78, 5) is 0.206. The van der Waals surface area contributed by atoms with Gasteiger partial charge in [0.05, 0.1) is 19.3 Å². The molecule has 21 heavy (non-hydrogen) atoms. The van der Waals surface area contributed by atoms with Crippen LogP contribution in [0.5, 0.6) is 0 Å². The van der Waals surface area contributed by atoms with Crippen LogP contribution >= 0.6 is 0 Å². The summed E-state index contributed by atoms with van der Waals surface area (Å²) in [5.41, 5.74) is 0. The SMILES string of the molecule is COCC(C)N(C)S(=O)(=O)c1cnn(CCNC(C)C)c1. The van der Waals surface area contributed by atoms with Crippen LogP contribution in [0.3, 0.4) is 0 Å². The molecule has 0 radical (unpaired) electrons. The first-order valence-corrected chi connectivity index (χ1v) is 8.45. The minimum absolute atomic E-state index is 0.206. The molecule has 0 fully saturated rings. The highest BCUT2D eigenvalue weighted by molar-refractivity contribution is 7.89. The summed E-state index contributed by atoms with van der Waals surface area (Å²) < 4.78 is 32.8. The number of hydrogen-bond acceptors (Lipinski definition) is 5. The number of likely N-dealkylation sites (N-methyl/N-ethyl adjacent to an activating group) is 1. The van der Waals surface area contributed by atoms with Gasteiger partial charge in [0, 0.05) is 39.0 Å². The number of methoxy groups -OCH3 is 1. The van der Waals surface area contributed by atoms with Crippen LogP contribution in [0.1, 0.15) is 20.8 Å². The van der Waals surface area contributed by atoms with Gasteiger partial charge in [-0.2, -0.15) is 9.40 Å². The monoisotopic (exact) mass is 318 g/mol. The third-order valence-corrected chi connectivity index (χ3v) is 5.13. The van der Waals surface area contributed by atoms with Gasteiger partial charge < -0.3 is 10.1 Å². The zero-order valence-electron chi connectivity index (χ0n) is 13.4. The number of sulfonamides is 1. The van der Waals surface area contributed by atoms with Crippen molar-refractivity contribution in [2.75, 3.05) is 27.3 Å². The lowest BCUT2D eigenvalue weighted by molar-refractivity contribution is 0.149. The van der Waals surface area contributed by atoms with Gasteiger partial charge in [-0.3, -0.25) is 4.68 Å². The van der Waals surface area contributed by atoms with Gasteiger partial charge in [0.15, 0.2) is 0 Å². The first-order valence-electron chi connectivity index (χ1n) is 7.01. The second kappa shape index (κ2) is 7.88. The smallest absolute Gasteiger partial charge is 0.246 e. The van der Waals surface area contributed by atoms with Crippen molar-refractivity contribution in [1.29, 1.82) is 0 Å². The third kappa shape index (κ3) is 5.06. The van der Waals surface area contributed by atoms with Crippen LogP contribution in [-0.2, 0) is 21.3 Å². The van der Waals surface area contributed by atoms with Crippen molar-refractivity contribution >= 4 is 10.0 Å². The molecule has 7 nitrogen and oxygen atoms in total. The van der Waals surface area contributed by atoms with Crippen molar-refractivity contribution < 1.29 is 13.2 Å². The van der Waals surface area contributed by atoms with E-state index in [2.05, 4.69) is 24.3 Å². The molecule has 1 rings (SSSR count). The van der Waals surface area contributed by atoms with E-state index in [1.165, 1.54) is 10.5 Å². The fourth-order valence-electron chi connectivity index (χ4n) is 1.82. The van der Waals surface area contributed by atoms with Crippen molar-refractivity contribution in [3.8, 4) is 0 Å². The van der Waals surface area contributed by atoms with Crippen LogP contribution in [-0.4, -0.2) is 61.9 Å². The zero-order valence-corrected chi connectivity index (χ0v) is 14.2. The topological polar surface area (TPSA) is 76.5 Å². The second-order valence-corrected chi connectivity index (χ2v) is 7.37. The van der Waals surface area contributed by atoms with E-state index < -0.39 is 10.0 Å². The lowest BCUT2D eigenvalue weighted by Gasteiger charge is -2.22. The maximum absolute atomic E-state index is 12.4. The summed E-state index contributed by atoms with van der Waals surface area (Å²) in [5.74, 6) is 0. The summed E-state index contributed by atoms with van der Waals surface area (Å²) in [6.07, 6.45) is 2.95. The Kier molecular flexibility index (Phi) is 6.79. The van der Waals surface area contributed by atoms with Crippen LogP contribution in [0.4, 0.5) is 0 Å². The first-order chi connectivity index (χ1) is 9.78. The Balaban J connectivity index is 2.74. The Morgan fingerprint density at radius 2 is 2.10 bits per heavy atom. The number of nitrogens with one attached hydrogen (secondary N) is 1. The van der Waals surface area contributed by atoms with Crippen molar-refractivity contribution in [2.45, 2.75) is 44.3 Å². The van der Waals surface area contributed by atoms with Crippen LogP contribution in [0.15, 0.2) is 17.3 Å². The van der Waals surface area contributed by atoms with Crippen LogP contribution in [0, 0.1) is 0 Å². The van der Waals surface area contributed by atoms with Gasteiger partial charge in [0.1, 0.15) is 4.90 Å². The van der Waals surface area contributed by atoms with E-state index in [4.69, 9.17) is 4.74 Å². The summed E-state index contributed by atoms with van der Waals surface area (Å²) in [6, 6.07) is 0.163. The number of hydrogen-bond donors (Lipinski definition) is 1. The second-order valence-electron chi connectivity index (χ2n) is 5.37. The molecule has 0 aromatic carbocycles. The van der Waals surface area contributed by atoms with Crippen LogP contribution in [0.2, 0.25) is 0 Å². The molecule has 0 amide bonds. The Hall–Kier alpha value is -0.960. The highest BCUT2D eigenvalue weighted by Crippen LogP contribution is 2.15. The molecule has 1 aromatic heterocycles. The Morgan fingerprint density at radius 3 is 2.67 bits per heavy atom. The van der Waals surface area contributed by atoms with E-state index in [9.17, 15) is 8.42 Å². The maximum Gasteiger partial charge on any atom is 0.246 e. The molecule has 0 aliphatic carbocycles. The minimum atomic E-state index is -3.53. The van der Waals surface area contributed by atoms with E-state index in [0.717, 1.165) is 6.54 Å². The number of nitrogens with zero attached hydrogens (tertiary/aromatic N) is 3. The van der Waals surface area contributed by atoms with Crippen molar-refractivity contribution in [3.05, 3.63) is 12.4 Å². The van der Waals surface area contributed by atoms with E-state index in [1.807, 2.05) is 0 Å². The van der Waals surface area contributed by atoms with Gasteiger partial charge in [-0.1, -0.05) is 13.8 Å². The van der Waals surface area contributed by atoms with E-state index >= 15 is 0 Å². The number of ether oxygens (including phenoxy) is 1. The Labute approximate surface area is 127 Å². The molecule has 1 aromatic rings. The predicted octanol–water partition coefficient (Wildman–Crippen LogP) is 0.537. The molecule has 122 valence electrons. The molecule has 0 aliphatic rings. The average molecular weight is 318 g/mol. The molecule has 1 unspecified atom stereocenters. The normalized spacial score (nSPS) is 14.0. The molecule has 1 N–H and O–H groups in total. The van der Waals surface area contributed by atoms with E-state index in [-0.39, 0.29) is 10.9 Å². The van der Waals surface area contributed by atoms with E-state index in [1.54, 1.807) is 32.0 Å². The molecule has 1 atom stereocenters. The van der Waals surface area contributed by atoms with Gasteiger partial charge in [0.25, 0.3) is 0 Å². The van der Waals surface area contributed by atoms with Crippen molar-refractivity contribution in [3.63, 3.8) is 0 Å². The molecule has 1 heterocycles. The zero-order chi connectivity index (χ0) is 16.0. The molecule has 0 spiro atoms. The first kappa shape index (κ1) is 18.1. The molecule has 8 heteroatoms. The summed E-state index contributed by atoms with van der Waals surface area (Å²) in [6.45, 7) is 7.65. The molecule has 0 saturated heterocycles. The fraction of sp³-hybridized carbons (Fsp3) is 0.769. The summed E-state index contributed by atoms with van der Waals surface area (Å²) in [7, 11) is -0.427. The largest absolute Gasteiger partial charge is 0.383 e. The lowest BCUT2D eigenvalue weighted by Crippen LogP contribution is -2.37. The quantitative estimate of drug-likeness (QED) is 0.719. The summed E-state index contributed by atoms with van der Waals surface area (Å²) >= 11 is 0. The Morgan fingerprint density at radius 1 is 1.43 bits per heavy atom.